The second-order valence-electron chi connectivity index (χ2n) is 4.87. The minimum absolute atomic E-state index is 0.0947. The van der Waals surface area contributed by atoms with E-state index in [1.807, 2.05) is 19.1 Å². The molecule has 0 saturated carbocycles. The van der Waals surface area contributed by atoms with E-state index in [2.05, 4.69) is 19.9 Å². The number of imidazole rings is 1. The van der Waals surface area contributed by atoms with E-state index in [1.54, 1.807) is 18.0 Å². The van der Waals surface area contributed by atoms with Gasteiger partial charge in [0.1, 0.15) is 17.0 Å². The van der Waals surface area contributed by atoms with Crippen LogP contribution >= 0.6 is 11.6 Å². The lowest BCUT2D eigenvalue weighted by Crippen LogP contribution is -2.08. The van der Waals surface area contributed by atoms with Crippen molar-refractivity contribution in [1.82, 2.24) is 24.5 Å². The Bertz CT molecular complexity index is 851. The Balaban J connectivity index is 2.00. The molecule has 0 saturated heterocycles. The van der Waals surface area contributed by atoms with Crippen molar-refractivity contribution in [3.63, 3.8) is 0 Å². The van der Waals surface area contributed by atoms with Crippen LogP contribution < -0.4 is 10.5 Å². The molecule has 3 aromatic heterocycles. The Morgan fingerprint density at radius 2 is 2.09 bits per heavy atom. The molecule has 0 spiro atoms. The van der Waals surface area contributed by atoms with Gasteiger partial charge in [-0.15, -0.1) is 0 Å². The molecule has 9 heteroatoms. The molecule has 0 amide bonds. The average Bonchev–Trinajstić information content (AvgIpc) is 2.90. The highest BCUT2D eigenvalue weighted by Gasteiger charge is 2.14. The second kappa shape index (κ2) is 6.35. The molecule has 8 nitrogen and oxygen atoms in total. The standard InChI is InChI=1S/C14H15ClN6O2/c1-8-3-4-10(23-7-22-2)9(18-8)5-21-6-17-11-12(15)19-14(16)20-13(11)21/h3-4,6H,5,7H2,1-2H3,(H2,16,19,20). The van der Waals surface area contributed by atoms with Gasteiger partial charge in [-0.05, 0) is 19.1 Å². The normalized spacial score (nSPS) is 11.1. The Morgan fingerprint density at radius 3 is 2.87 bits per heavy atom. The summed E-state index contributed by atoms with van der Waals surface area (Å²) in [7, 11) is 1.56. The summed E-state index contributed by atoms with van der Waals surface area (Å²) in [6, 6.07) is 3.73. The van der Waals surface area contributed by atoms with Crippen LogP contribution in [0.4, 0.5) is 5.95 Å². The largest absolute Gasteiger partial charge is 0.466 e. The summed E-state index contributed by atoms with van der Waals surface area (Å²) >= 11 is 6.04. The topological polar surface area (TPSA) is 101 Å². The minimum atomic E-state index is 0.0947. The molecule has 0 atom stereocenters. The van der Waals surface area contributed by atoms with Crippen LogP contribution in [0.1, 0.15) is 11.4 Å². The lowest BCUT2D eigenvalue weighted by atomic mass is 10.3. The van der Waals surface area contributed by atoms with Crippen molar-refractivity contribution in [3.8, 4) is 5.75 Å². The highest BCUT2D eigenvalue weighted by atomic mass is 35.5. The average molecular weight is 335 g/mol. The van der Waals surface area contributed by atoms with E-state index >= 15 is 0 Å². The van der Waals surface area contributed by atoms with Crippen molar-refractivity contribution < 1.29 is 9.47 Å². The van der Waals surface area contributed by atoms with Gasteiger partial charge in [0.25, 0.3) is 0 Å². The number of halogens is 1. The molecular formula is C14H15ClN6O2. The number of nitrogen functional groups attached to an aromatic ring is 1. The number of ether oxygens (including phenoxy) is 2. The molecule has 3 heterocycles. The van der Waals surface area contributed by atoms with Crippen LogP contribution in [0.15, 0.2) is 18.5 Å². The van der Waals surface area contributed by atoms with Gasteiger partial charge in [-0.3, -0.25) is 4.98 Å². The van der Waals surface area contributed by atoms with Crippen LogP contribution in [0.2, 0.25) is 5.15 Å². The molecule has 3 aromatic rings. The van der Waals surface area contributed by atoms with Crippen LogP contribution in [0.5, 0.6) is 5.75 Å². The summed E-state index contributed by atoms with van der Waals surface area (Å²) in [4.78, 5) is 16.8. The minimum Gasteiger partial charge on any atom is -0.466 e. The number of pyridine rings is 1. The van der Waals surface area contributed by atoms with E-state index in [-0.39, 0.29) is 17.9 Å². The SMILES string of the molecule is COCOc1ccc(C)nc1Cn1cnc2c(Cl)nc(N)nc21. The van der Waals surface area contributed by atoms with Gasteiger partial charge in [-0.2, -0.15) is 9.97 Å². The maximum Gasteiger partial charge on any atom is 0.223 e. The number of hydrogen-bond acceptors (Lipinski definition) is 7. The monoisotopic (exact) mass is 334 g/mol. The summed E-state index contributed by atoms with van der Waals surface area (Å²) in [5.74, 6) is 0.727. The first-order valence-corrected chi connectivity index (χ1v) is 7.18. The molecule has 0 radical (unpaired) electrons. The molecule has 0 fully saturated rings. The Kier molecular flexibility index (Phi) is 4.26. The number of rotatable bonds is 5. The predicted molar refractivity (Wildman–Crippen MR) is 85.3 cm³/mol. The zero-order valence-electron chi connectivity index (χ0n) is 12.7. The molecule has 0 bridgehead atoms. The molecule has 0 unspecified atom stereocenters. The van der Waals surface area contributed by atoms with E-state index in [0.29, 0.717) is 23.5 Å². The molecule has 2 N–H and O–H groups in total. The Morgan fingerprint density at radius 1 is 1.26 bits per heavy atom. The van der Waals surface area contributed by atoms with Crippen LogP contribution in [0, 0.1) is 6.92 Å². The van der Waals surface area contributed by atoms with Gasteiger partial charge in [-0.1, -0.05) is 11.6 Å². The first kappa shape index (κ1) is 15.4. The maximum absolute atomic E-state index is 6.04. The zero-order valence-corrected chi connectivity index (χ0v) is 13.4. The predicted octanol–water partition coefficient (Wildman–Crippen LogP) is 1.80. The highest BCUT2D eigenvalue weighted by molar-refractivity contribution is 6.33. The highest BCUT2D eigenvalue weighted by Crippen LogP contribution is 2.23. The summed E-state index contributed by atoms with van der Waals surface area (Å²) in [5, 5.41) is 0.222. The number of aryl methyl sites for hydroxylation is 1. The van der Waals surface area contributed by atoms with E-state index < -0.39 is 0 Å². The first-order chi connectivity index (χ1) is 11.1. The van der Waals surface area contributed by atoms with Gasteiger partial charge >= 0.3 is 0 Å². The molecule has 0 aliphatic rings. The fourth-order valence-corrected chi connectivity index (χ4v) is 2.39. The van der Waals surface area contributed by atoms with Crippen LogP contribution in [-0.4, -0.2) is 38.4 Å². The van der Waals surface area contributed by atoms with Crippen LogP contribution in [0.25, 0.3) is 11.2 Å². The third-order valence-corrected chi connectivity index (χ3v) is 3.43. The Hall–Kier alpha value is -2.45. The first-order valence-electron chi connectivity index (χ1n) is 6.80. The number of methoxy groups -OCH3 is 1. The fourth-order valence-electron chi connectivity index (χ4n) is 2.17. The van der Waals surface area contributed by atoms with Gasteiger partial charge < -0.3 is 19.8 Å². The molecular weight excluding hydrogens is 320 g/mol. The third-order valence-electron chi connectivity index (χ3n) is 3.16. The molecule has 0 aliphatic carbocycles. The maximum atomic E-state index is 6.04. The lowest BCUT2D eigenvalue weighted by molar-refractivity contribution is 0.0500. The van der Waals surface area contributed by atoms with Crippen molar-refractivity contribution in [2.45, 2.75) is 13.5 Å². The van der Waals surface area contributed by atoms with Gasteiger partial charge in [0.05, 0.1) is 12.9 Å². The van der Waals surface area contributed by atoms with Crippen molar-refractivity contribution in [1.29, 1.82) is 0 Å². The number of nitrogens with zero attached hydrogens (tertiary/aromatic N) is 5. The van der Waals surface area contributed by atoms with E-state index in [9.17, 15) is 0 Å². The van der Waals surface area contributed by atoms with Crippen molar-refractivity contribution >= 4 is 28.7 Å². The summed E-state index contributed by atoms with van der Waals surface area (Å²) in [6.45, 7) is 2.46. The number of aromatic nitrogens is 5. The van der Waals surface area contributed by atoms with Crippen LogP contribution in [0.3, 0.4) is 0 Å². The molecule has 120 valence electrons. The smallest absolute Gasteiger partial charge is 0.223 e. The van der Waals surface area contributed by atoms with Gasteiger partial charge in [0.2, 0.25) is 5.95 Å². The lowest BCUT2D eigenvalue weighted by Gasteiger charge is -2.11. The van der Waals surface area contributed by atoms with Crippen molar-refractivity contribution in [3.05, 3.63) is 35.0 Å². The quantitative estimate of drug-likeness (QED) is 0.560. The number of fused-ring (bicyclic) bond motifs is 1. The summed E-state index contributed by atoms with van der Waals surface area (Å²) in [5.41, 5.74) is 8.31. The molecule has 0 aromatic carbocycles. The second-order valence-corrected chi connectivity index (χ2v) is 5.22. The third kappa shape index (κ3) is 3.17. The Labute approximate surface area is 137 Å². The van der Waals surface area contributed by atoms with E-state index in [4.69, 9.17) is 26.8 Å². The van der Waals surface area contributed by atoms with Gasteiger partial charge in [0, 0.05) is 12.8 Å². The van der Waals surface area contributed by atoms with Gasteiger partial charge in [-0.25, -0.2) is 4.98 Å². The fraction of sp³-hybridized carbons (Fsp3) is 0.286. The molecule has 3 rings (SSSR count). The summed E-state index contributed by atoms with van der Waals surface area (Å²) in [6.07, 6.45) is 1.62. The van der Waals surface area contributed by atoms with Crippen molar-refractivity contribution in [2.75, 3.05) is 19.6 Å². The molecule has 0 aliphatic heterocycles. The van der Waals surface area contributed by atoms with E-state index in [0.717, 1.165) is 11.4 Å². The number of nitrogens with two attached hydrogens (primary N) is 1. The van der Waals surface area contributed by atoms with Crippen molar-refractivity contribution in [2.24, 2.45) is 0 Å². The number of anilines is 1. The van der Waals surface area contributed by atoms with Gasteiger partial charge in [0.15, 0.2) is 17.6 Å². The zero-order chi connectivity index (χ0) is 16.4. The summed E-state index contributed by atoms with van der Waals surface area (Å²) < 4.78 is 12.3. The van der Waals surface area contributed by atoms with Crippen LogP contribution in [-0.2, 0) is 11.3 Å². The van der Waals surface area contributed by atoms with E-state index in [1.165, 1.54) is 0 Å². The number of hydrogen-bond donors (Lipinski definition) is 1. The molecule has 23 heavy (non-hydrogen) atoms.